The Hall–Kier alpha value is -3.88. The first kappa shape index (κ1) is 22.8. The molecule has 0 bridgehead atoms. The van der Waals surface area contributed by atoms with E-state index in [1.807, 2.05) is 13.0 Å². The van der Waals surface area contributed by atoms with Gasteiger partial charge in [0.1, 0.15) is 5.69 Å². The van der Waals surface area contributed by atoms with Gasteiger partial charge in [-0.05, 0) is 55.8 Å². The third kappa shape index (κ3) is 4.88. The summed E-state index contributed by atoms with van der Waals surface area (Å²) in [5.41, 5.74) is 1.21. The van der Waals surface area contributed by atoms with Crippen molar-refractivity contribution in [2.45, 2.75) is 25.9 Å². The molecule has 9 heteroatoms. The molecule has 0 aliphatic heterocycles. The third-order valence-corrected chi connectivity index (χ3v) is 5.27. The Labute approximate surface area is 183 Å². The van der Waals surface area contributed by atoms with Crippen molar-refractivity contribution in [1.29, 1.82) is 0 Å². The lowest BCUT2D eigenvalue weighted by molar-refractivity contribution is -0.384. The van der Waals surface area contributed by atoms with Crippen LogP contribution in [0.15, 0.2) is 60.8 Å². The van der Waals surface area contributed by atoms with Crippen LogP contribution in [0.2, 0.25) is 0 Å². The first-order chi connectivity index (χ1) is 15.2. The fourth-order valence-corrected chi connectivity index (χ4v) is 3.25. The lowest BCUT2D eigenvalue weighted by atomic mass is 10.1. The van der Waals surface area contributed by atoms with Crippen molar-refractivity contribution >= 4 is 17.3 Å². The fraction of sp³-hybridized carbons (Fsp3) is 0.217. The highest BCUT2D eigenvalue weighted by Gasteiger charge is 2.24. The lowest BCUT2D eigenvalue weighted by Gasteiger charge is -2.25. The molecule has 2 aromatic carbocycles. The Balaban J connectivity index is 1.84. The van der Waals surface area contributed by atoms with Crippen LogP contribution in [0.25, 0.3) is 0 Å². The zero-order valence-electron chi connectivity index (χ0n) is 17.8. The number of amides is 1. The van der Waals surface area contributed by atoms with Crippen LogP contribution in [-0.2, 0) is 0 Å². The summed E-state index contributed by atoms with van der Waals surface area (Å²) in [6, 6.07) is 12.1. The number of rotatable bonds is 7. The molecule has 0 fully saturated rings. The van der Waals surface area contributed by atoms with Gasteiger partial charge in [-0.1, -0.05) is 12.1 Å². The minimum atomic E-state index is -1.01. The number of nitrogens with one attached hydrogen (secondary N) is 1. The van der Waals surface area contributed by atoms with E-state index in [-0.39, 0.29) is 23.0 Å². The maximum atomic E-state index is 13.6. The molecule has 1 N–H and O–H groups in total. The Morgan fingerprint density at radius 3 is 2.47 bits per heavy atom. The Morgan fingerprint density at radius 1 is 1.09 bits per heavy atom. The molecule has 1 amide bonds. The van der Waals surface area contributed by atoms with E-state index in [9.17, 15) is 23.7 Å². The quantitative estimate of drug-likeness (QED) is 0.399. The molecule has 1 heterocycles. The van der Waals surface area contributed by atoms with Gasteiger partial charge in [0, 0.05) is 24.9 Å². The second-order valence-electron chi connectivity index (χ2n) is 7.38. The zero-order valence-corrected chi connectivity index (χ0v) is 17.8. The summed E-state index contributed by atoms with van der Waals surface area (Å²) in [5, 5.41) is 14.7. The second kappa shape index (κ2) is 9.51. The molecule has 0 aliphatic rings. The molecule has 166 valence electrons. The van der Waals surface area contributed by atoms with Gasteiger partial charge < -0.3 is 10.2 Å². The Morgan fingerprint density at radius 2 is 1.84 bits per heavy atom. The summed E-state index contributed by atoms with van der Waals surface area (Å²) < 4.78 is 26.8. The number of anilines is 1. The number of benzene rings is 2. The zero-order chi connectivity index (χ0) is 23.4. The molecule has 0 radical (unpaired) electrons. The van der Waals surface area contributed by atoms with Crippen LogP contribution < -0.4 is 5.32 Å². The molecule has 7 nitrogen and oxygen atoms in total. The average molecular weight is 440 g/mol. The van der Waals surface area contributed by atoms with E-state index < -0.39 is 28.5 Å². The fourth-order valence-electron chi connectivity index (χ4n) is 3.25. The van der Waals surface area contributed by atoms with Gasteiger partial charge in [-0.2, -0.15) is 0 Å². The van der Waals surface area contributed by atoms with Gasteiger partial charge in [0.05, 0.1) is 22.7 Å². The van der Waals surface area contributed by atoms with Gasteiger partial charge in [-0.25, -0.2) is 8.78 Å². The number of pyridine rings is 1. The predicted molar refractivity (Wildman–Crippen MR) is 116 cm³/mol. The van der Waals surface area contributed by atoms with Gasteiger partial charge in [0.25, 0.3) is 11.6 Å². The van der Waals surface area contributed by atoms with Gasteiger partial charge in [0.15, 0.2) is 11.6 Å². The first-order valence-electron chi connectivity index (χ1n) is 9.87. The van der Waals surface area contributed by atoms with Gasteiger partial charge in [-0.15, -0.1) is 0 Å². The van der Waals surface area contributed by atoms with Gasteiger partial charge in [0.2, 0.25) is 0 Å². The molecule has 0 spiro atoms. The summed E-state index contributed by atoms with van der Waals surface area (Å²) in [5.74, 6) is -2.48. The molecule has 2 unspecified atom stereocenters. The highest BCUT2D eigenvalue weighted by Crippen LogP contribution is 2.30. The van der Waals surface area contributed by atoms with Crippen LogP contribution in [0.3, 0.4) is 0 Å². The van der Waals surface area contributed by atoms with Crippen molar-refractivity contribution in [3.8, 4) is 0 Å². The molecule has 32 heavy (non-hydrogen) atoms. The topological polar surface area (TPSA) is 88.4 Å². The van der Waals surface area contributed by atoms with Crippen molar-refractivity contribution in [1.82, 2.24) is 9.88 Å². The summed E-state index contributed by atoms with van der Waals surface area (Å²) in [6.07, 6.45) is 1.63. The van der Waals surface area contributed by atoms with E-state index >= 15 is 0 Å². The molecular formula is C23H22F2N4O3. The van der Waals surface area contributed by atoms with Crippen molar-refractivity contribution in [2.75, 3.05) is 12.4 Å². The average Bonchev–Trinajstić information content (AvgIpc) is 2.80. The normalized spacial score (nSPS) is 12.7. The molecule has 0 saturated carbocycles. The molecule has 3 aromatic rings. The SMILES string of the molecule is CC(Nc1ccc(C(=O)N(C)C(C)c2ccc(F)c(F)c2)cc1[N+](=O)[O-])c1ccccn1. The number of nitro benzene ring substituents is 1. The standard InChI is InChI=1S/C23H22F2N4O3/c1-14(20-6-4-5-11-26-20)27-21-10-8-17(13-22(21)29(31)32)23(30)28(3)15(2)16-7-9-18(24)19(25)12-16/h4-15,27H,1-3H3. The summed E-state index contributed by atoms with van der Waals surface area (Å²) >= 11 is 0. The van der Waals surface area contributed by atoms with Crippen molar-refractivity contribution in [3.05, 3.63) is 99.4 Å². The Bertz CT molecular complexity index is 1140. The largest absolute Gasteiger partial charge is 0.371 e. The minimum Gasteiger partial charge on any atom is -0.371 e. The number of nitrogens with zero attached hydrogens (tertiary/aromatic N) is 3. The smallest absolute Gasteiger partial charge is 0.293 e. The van der Waals surface area contributed by atoms with Crippen molar-refractivity contribution in [2.24, 2.45) is 0 Å². The number of carbonyl (C=O) groups excluding carboxylic acids is 1. The lowest BCUT2D eigenvalue weighted by Crippen LogP contribution is -2.29. The number of aromatic nitrogens is 1. The summed E-state index contributed by atoms with van der Waals surface area (Å²) in [6.45, 7) is 3.48. The van der Waals surface area contributed by atoms with Crippen LogP contribution in [0.5, 0.6) is 0 Å². The highest BCUT2D eigenvalue weighted by atomic mass is 19.2. The maximum Gasteiger partial charge on any atom is 0.293 e. The van der Waals surface area contributed by atoms with Crippen LogP contribution >= 0.6 is 0 Å². The van der Waals surface area contributed by atoms with E-state index in [4.69, 9.17) is 0 Å². The van der Waals surface area contributed by atoms with Gasteiger partial charge in [-0.3, -0.25) is 19.9 Å². The summed E-state index contributed by atoms with van der Waals surface area (Å²) in [4.78, 5) is 29.6. The first-order valence-corrected chi connectivity index (χ1v) is 9.87. The van der Waals surface area contributed by atoms with E-state index in [0.717, 1.165) is 12.1 Å². The maximum absolute atomic E-state index is 13.6. The molecule has 1 aromatic heterocycles. The van der Waals surface area contributed by atoms with E-state index in [2.05, 4.69) is 10.3 Å². The molecule has 2 atom stereocenters. The van der Waals surface area contributed by atoms with Crippen LogP contribution in [0.4, 0.5) is 20.2 Å². The van der Waals surface area contributed by atoms with E-state index in [1.165, 1.54) is 36.2 Å². The van der Waals surface area contributed by atoms with Crippen LogP contribution in [0.1, 0.15) is 47.5 Å². The number of hydrogen-bond acceptors (Lipinski definition) is 5. The van der Waals surface area contributed by atoms with Crippen molar-refractivity contribution in [3.63, 3.8) is 0 Å². The molecular weight excluding hydrogens is 418 g/mol. The Kier molecular flexibility index (Phi) is 6.77. The van der Waals surface area contributed by atoms with Crippen LogP contribution in [-0.4, -0.2) is 27.8 Å². The predicted octanol–water partition coefficient (Wildman–Crippen LogP) is 5.27. The third-order valence-electron chi connectivity index (χ3n) is 5.27. The summed E-state index contributed by atoms with van der Waals surface area (Å²) in [7, 11) is 1.50. The molecule has 3 rings (SSSR count). The highest BCUT2D eigenvalue weighted by molar-refractivity contribution is 5.95. The van der Waals surface area contributed by atoms with Gasteiger partial charge >= 0.3 is 0 Å². The van der Waals surface area contributed by atoms with Crippen molar-refractivity contribution < 1.29 is 18.5 Å². The number of hydrogen-bond donors (Lipinski definition) is 1. The number of halogens is 2. The number of nitro groups is 1. The van der Waals surface area contributed by atoms with E-state index in [1.54, 1.807) is 25.3 Å². The second-order valence-corrected chi connectivity index (χ2v) is 7.38. The number of carbonyl (C=O) groups is 1. The molecule has 0 saturated heterocycles. The van der Waals surface area contributed by atoms with Crippen LogP contribution in [0, 0.1) is 21.7 Å². The molecule has 0 aliphatic carbocycles. The minimum absolute atomic E-state index is 0.102. The monoisotopic (exact) mass is 440 g/mol. The van der Waals surface area contributed by atoms with E-state index in [0.29, 0.717) is 11.3 Å².